The number of nitrogens with zero attached hydrogens (tertiary/aromatic N) is 3. The van der Waals surface area contributed by atoms with Gasteiger partial charge in [-0.3, -0.25) is 19.5 Å². The third kappa shape index (κ3) is 4.86. The van der Waals surface area contributed by atoms with Gasteiger partial charge in [0.05, 0.1) is 12.2 Å². The van der Waals surface area contributed by atoms with E-state index in [1.165, 1.54) is 5.56 Å². The van der Waals surface area contributed by atoms with E-state index in [-0.39, 0.29) is 29.8 Å². The lowest BCUT2D eigenvalue weighted by Crippen LogP contribution is -2.68. The lowest BCUT2D eigenvalue weighted by Gasteiger charge is -2.55. The minimum atomic E-state index is -0.385. The molecule has 0 aliphatic carbocycles. The highest BCUT2D eigenvalue weighted by atomic mass is 16.2. The Morgan fingerprint density at radius 2 is 1.91 bits per heavy atom. The second-order valence-corrected chi connectivity index (χ2v) is 9.53. The average Bonchev–Trinajstić information content (AvgIpc) is 2.85. The topological polar surface area (TPSA) is 65.5 Å². The van der Waals surface area contributed by atoms with Gasteiger partial charge in [-0.1, -0.05) is 48.6 Å². The van der Waals surface area contributed by atoms with E-state index in [2.05, 4.69) is 39.5 Å². The van der Waals surface area contributed by atoms with Crippen molar-refractivity contribution in [1.29, 1.82) is 0 Å². The van der Waals surface area contributed by atoms with Gasteiger partial charge in [-0.05, 0) is 42.9 Å². The molecule has 172 valence electrons. The van der Waals surface area contributed by atoms with E-state index in [0.717, 1.165) is 44.6 Å². The number of fused-ring (bicyclic) bond motifs is 4. The quantitative estimate of drug-likeness (QED) is 0.744. The summed E-state index contributed by atoms with van der Waals surface area (Å²) in [5, 5.41) is 3.08. The van der Waals surface area contributed by atoms with Crippen LogP contribution in [0.15, 0.2) is 60.8 Å². The Hall–Kier alpha value is -2.99. The maximum absolute atomic E-state index is 13.4. The molecule has 6 heteroatoms. The van der Waals surface area contributed by atoms with Crippen LogP contribution >= 0.6 is 0 Å². The average molecular weight is 445 g/mol. The summed E-state index contributed by atoms with van der Waals surface area (Å²) < 4.78 is 0. The minimum absolute atomic E-state index is 0.0361. The first-order valence-corrected chi connectivity index (χ1v) is 12.1. The Balaban J connectivity index is 1.30. The zero-order chi connectivity index (χ0) is 22.6. The molecule has 0 radical (unpaired) electrons. The second-order valence-electron chi connectivity index (χ2n) is 9.53. The highest BCUT2D eigenvalue weighted by Crippen LogP contribution is 2.41. The first kappa shape index (κ1) is 21.8. The van der Waals surface area contributed by atoms with Crippen molar-refractivity contribution in [3.63, 3.8) is 0 Å². The first-order valence-electron chi connectivity index (χ1n) is 12.1. The van der Waals surface area contributed by atoms with Crippen LogP contribution in [0.5, 0.6) is 0 Å². The van der Waals surface area contributed by atoms with E-state index >= 15 is 0 Å². The number of pyridine rings is 1. The summed E-state index contributed by atoms with van der Waals surface area (Å²) in [5.74, 6) is 0.719. The summed E-state index contributed by atoms with van der Waals surface area (Å²) in [4.78, 5) is 35.1. The van der Waals surface area contributed by atoms with Crippen molar-refractivity contribution in [2.75, 3.05) is 19.6 Å². The number of amides is 2. The van der Waals surface area contributed by atoms with Crippen molar-refractivity contribution < 1.29 is 9.59 Å². The fourth-order valence-electron chi connectivity index (χ4n) is 5.93. The summed E-state index contributed by atoms with van der Waals surface area (Å²) in [6.07, 6.45) is 9.63. The molecule has 3 aliphatic heterocycles. The molecule has 3 saturated heterocycles. The number of aromatic nitrogens is 1. The predicted molar refractivity (Wildman–Crippen MR) is 128 cm³/mol. The van der Waals surface area contributed by atoms with Gasteiger partial charge >= 0.3 is 0 Å². The number of rotatable bonds is 6. The van der Waals surface area contributed by atoms with Gasteiger partial charge in [0, 0.05) is 44.2 Å². The monoisotopic (exact) mass is 444 g/mol. The van der Waals surface area contributed by atoms with Gasteiger partial charge in [0.25, 0.3) is 0 Å². The normalized spacial score (nSPS) is 27.4. The van der Waals surface area contributed by atoms with Crippen LogP contribution in [0.2, 0.25) is 0 Å². The van der Waals surface area contributed by atoms with Crippen molar-refractivity contribution in [2.45, 2.75) is 44.3 Å². The summed E-state index contributed by atoms with van der Waals surface area (Å²) in [5.41, 5.74) is 2.03. The SMILES string of the molecule is O=C(NCc1ccccn1)[C@H]1[C@@H]2C[C@@H](CN(C/C=C/c3ccccc3)C2)[C@@H]2CCCC(=O)N21. The molecule has 0 unspecified atom stereocenters. The molecule has 3 fully saturated rings. The van der Waals surface area contributed by atoms with Gasteiger partial charge in [0.15, 0.2) is 0 Å². The zero-order valence-corrected chi connectivity index (χ0v) is 19.0. The Labute approximate surface area is 195 Å². The smallest absolute Gasteiger partial charge is 0.243 e. The molecule has 1 aromatic carbocycles. The third-order valence-electron chi connectivity index (χ3n) is 7.33. The Kier molecular flexibility index (Phi) is 6.53. The fourth-order valence-corrected chi connectivity index (χ4v) is 5.93. The largest absolute Gasteiger partial charge is 0.349 e. The molecule has 4 heterocycles. The Morgan fingerprint density at radius 3 is 2.73 bits per heavy atom. The zero-order valence-electron chi connectivity index (χ0n) is 19.0. The molecule has 33 heavy (non-hydrogen) atoms. The van der Waals surface area contributed by atoms with E-state index in [4.69, 9.17) is 0 Å². The van der Waals surface area contributed by atoms with Crippen molar-refractivity contribution in [3.8, 4) is 0 Å². The molecule has 6 nitrogen and oxygen atoms in total. The Bertz CT molecular complexity index is 994. The van der Waals surface area contributed by atoms with E-state index < -0.39 is 0 Å². The van der Waals surface area contributed by atoms with E-state index in [1.54, 1.807) is 6.20 Å². The second kappa shape index (κ2) is 9.87. The van der Waals surface area contributed by atoms with E-state index in [9.17, 15) is 9.59 Å². The number of hydrogen-bond acceptors (Lipinski definition) is 4. The summed E-state index contributed by atoms with van der Waals surface area (Å²) in [7, 11) is 0. The molecular weight excluding hydrogens is 412 g/mol. The molecule has 2 bridgehead atoms. The summed E-state index contributed by atoms with van der Waals surface area (Å²) in [6.45, 7) is 3.09. The number of carbonyl (C=O) groups excluding carboxylic acids is 2. The number of likely N-dealkylation sites (tertiary alicyclic amines) is 1. The van der Waals surface area contributed by atoms with Crippen LogP contribution in [0.1, 0.15) is 36.9 Å². The lowest BCUT2D eigenvalue weighted by molar-refractivity contribution is -0.160. The van der Waals surface area contributed by atoms with Crippen molar-refractivity contribution in [2.24, 2.45) is 11.8 Å². The van der Waals surface area contributed by atoms with E-state index in [0.29, 0.717) is 18.9 Å². The van der Waals surface area contributed by atoms with Crippen molar-refractivity contribution in [1.82, 2.24) is 20.1 Å². The molecule has 3 aliphatic rings. The van der Waals surface area contributed by atoms with Crippen LogP contribution in [0.25, 0.3) is 6.08 Å². The van der Waals surface area contributed by atoms with Crippen LogP contribution < -0.4 is 5.32 Å². The Morgan fingerprint density at radius 1 is 1.09 bits per heavy atom. The highest BCUT2D eigenvalue weighted by Gasteiger charge is 2.51. The predicted octanol–water partition coefficient (Wildman–Crippen LogP) is 3.11. The standard InChI is InChI=1S/C27H32N4O2/c32-25-13-6-12-24-21-16-22(19-30(18-21)15-7-10-20-8-2-1-3-9-20)26(31(24)25)27(33)29-17-23-11-4-5-14-28-23/h1-5,7-11,14,21-22,24,26H,6,12-13,15-19H2,(H,29,33)/b10-7+/t21-,22+,24-,26+/m0/s1. The summed E-state index contributed by atoms with van der Waals surface area (Å²) >= 11 is 0. The van der Waals surface area contributed by atoms with Crippen molar-refractivity contribution in [3.05, 3.63) is 72.1 Å². The lowest BCUT2D eigenvalue weighted by atomic mass is 9.71. The van der Waals surface area contributed by atoms with Crippen molar-refractivity contribution >= 4 is 17.9 Å². The summed E-state index contributed by atoms with van der Waals surface area (Å²) in [6, 6.07) is 15.8. The number of hydrogen-bond donors (Lipinski definition) is 1. The van der Waals surface area contributed by atoms with Gasteiger partial charge in [0.1, 0.15) is 6.04 Å². The molecule has 0 spiro atoms. The molecule has 0 saturated carbocycles. The minimum Gasteiger partial charge on any atom is -0.349 e. The first-order chi connectivity index (χ1) is 16.2. The number of carbonyl (C=O) groups is 2. The number of benzene rings is 1. The number of nitrogens with one attached hydrogen (secondary N) is 1. The molecular formula is C27H32N4O2. The maximum atomic E-state index is 13.4. The van der Waals surface area contributed by atoms with E-state index in [1.807, 2.05) is 41.3 Å². The van der Waals surface area contributed by atoms with Crippen LogP contribution in [-0.4, -0.2) is 58.3 Å². The molecule has 5 rings (SSSR count). The van der Waals surface area contributed by atoms with Gasteiger partial charge < -0.3 is 10.2 Å². The van der Waals surface area contributed by atoms with Gasteiger partial charge in [-0.15, -0.1) is 0 Å². The fraction of sp³-hybridized carbons (Fsp3) is 0.444. The highest BCUT2D eigenvalue weighted by molar-refractivity contribution is 5.89. The van der Waals surface area contributed by atoms with Crippen LogP contribution in [-0.2, 0) is 16.1 Å². The molecule has 1 aromatic heterocycles. The van der Waals surface area contributed by atoms with Gasteiger partial charge in [-0.2, -0.15) is 0 Å². The molecule has 2 amide bonds. The van der Waals surface area contributed by atoms with Crippen LogP contribution in [0, 0.1) is 11.8 Å². The third-order valence-corrected chi connectivity index (χ3v) is 7.33. The van der Waals surface area contributed by atoms with Gasteiger partial charge in [0.2, 0.25) is 11.8 Å². The molecule has 2 aromatic rings. The maximum Gasteiger partial charge on any atom is 0.243 e. The van der Waals surface area contributed by atoms with Crippen LogP contribution in [0.4, 0.5) is 0 Å². The molecule has 4 atom stereocenters. The van der Waals surface area contributed by atoms with Gasteiger partial charge in [-0.25, -0.2) is 0 Å². The molecule has 1 N–H and O–H groups in total. The number of piperidine rings is 3. The van der Waals surface area contributed by atoms with Crippen LogP contribution in [0.3, 0.4) is 0 Å².